The van der Waals surface area contributed by atoms with E-state index in [-0.39, 0.29) is 16.4 Å². The van der Waals surface area contributed by atoms with E-state index in [0.717, 1.165) is 0 Å². The lowest BCUT2D eigenvalue weighted by Gasteiger charge is -2.44. The van der Waals surface area contributed by atoms with Crippen molar-refractivity contribution < 1.29 is 9.15 Å². The van der Waals surface area contributed by atoms with E-state index in [4.69, 9.17) is 9.15 Å². The van der Waals surface area contributed by atoms with Gasteiger partial charge in [0.25, 0.3) is 5.95 Å². The maximum absolute atomic E-state index is 12.5. The van der Waals surface area contributed by atoms with Crippen molar-refractivity contribution in [2.45, 2.75) is 39.7 Å². The molecule has 3 nitrogen and oxygen atoms in total. The molecule has 3 heteroatoms. The molecule has 0 atom stereocenters. The molecule has 2 heterocycles. The highest BCUT2D eigenvalue weighted by Gasteiger charge is 2.45. The molecule has 0 unspecified atom stereocenters. The lowest BCUT2D eigenvalue weighted by molar-refractivity contribution is -0.0457. The van der Waals surface area contributed by atoms with Gasteiger partial charge in [0.05, 0.1) is 10.9 Å². The first-order valence-corrected chi connectivity index (χ1v) is 6.56. The number of benzene rings is 1. The molecule has 3 rings (SSSR count). The molecule has 1 aromatic heterocycles. The standard InChI is InChI=1S/C16H18O3/c1-15(2)9-11-13(17)10-7-5-6-8-12(10)18-14(11)19-16(15,3)4/h5-8H,9H2,1-4H3. The van der Waals surface area contributed by atoms with Gasteiger partial charge in [-0.1, -0.05) is 26.0 Å². The van der Waals surface area contributed by atoms with Crippen molar-refractivity contribution in [3.05, 3.63) is 40.1 Å². The summed E-state index contributed by atoms with van der Waals surface area (Å²) in [5, 5.41) is 0.625. The van der Waals surface area contributed by atoms with E-state index >= 15 is 0 Å². The van der Waals surface area contributed by atoms with Crippen molar-refractivity contribution in [1.29, 1.82) is 0 Å². The van der Waals surface area contributed by atoms with Crippen molar-refractivity contribution in [3.8, 4) is 5.95 Å². The third-order valence-electron chi connectivity index (χ3n) is 4.45. The predicted molar refractivity (Wildman–Crippen MR) is 74.7 cm³/mol. The molecule has 0 fully saturated rings. The summed E-state index contributed by atoms with van der Waals surface area (Å²) in [5.74, 6) is 0.382. The highest BCUT2D eigenvalue weighted by atomic mass is 16.6. The minimum atomic E-state index is -0.363. The van der Waals surface area contributed by atoms with Crippen LogP contribution in [0.4, 0.5) is 0 Å². The Kier molecular flexibility index (Phi) is 2.34. The Hall–Kier alpha value is -1.77. The zero-order valence-electron chi connectivity index (χ0n) is 11.7. The molecule has 0 amide bonds. The van der Waals surface area contributed by atoms with E-state index in [0.29, 0.717) is 28.9 Å². The molecular weight excluding hydrogens is 240 g/mol. The monoisotopic (exact) mass is 258 g/mol. The molecule has 0 spiro atoms. The second kappa shape index (κ2) is 3.62. The van der Waals surface area contributed by atoms with E-state index in [1.165, 1.54) is 0 Å². The molecule has 19 heavy (non-hydrogen) atoms. The molecule has 0 bridgehead atoms. The quantitative estimate of drug-likeness (QED) is 0.725. The second-order valence-corrected chi connectivity index (χ2v) is 6.37. The van der Waals surface area contributed by atoms with Crippen LogP contribution in [0.1, 0.15) is 33.3 Å². The van der Waals surface area contributed by atoms with Gasteiger partial charge in [-0.25, -0.2) is 0 Å². The number of hydrogen-bond acceptors (Lipinski definition) is 3. The molecule has 0 N–H and O–H groups in total. The Morgan fingerprint density at radius 1 is 1.11 bits per heavy atom. The third-order valence-corrected chi connectivity index (χ3v) is 4.45. The van der Waals surface area contributed by atoms with E-state index in [2.05, 4.69) is 13.8 Å². The van der Waals surface area contributed by atoms with Crippen LogP contribution in [0.15, 0.2) is 33.5 Å². The number of ether oxygens (including phenoxy) is 1. The van der Waals surface area contributed by atoms with Crippen LogP contribution in [0.25, 0.3) is 11.0 Å². The van der Waals surface area contributed by atoms with Crippen molar-refractivity contribution in [2.75, 3.05) is 0 Å². The van der Waals surface area contributed by atoms with Gasteiger partial charge < -0.3 is 9.15 Å². The van der Waals surface area contributed by atoms with Gasteiger partial charge in [0, 0.05) is 5.41 Å². The van der Waals surface area contributed by atoms with E-state index in [1.807, 2.05) is 26.0 Å². The minimum Gasteiger partial charge on any atom is -0.458 e. The summed E-state index contributed by atoms with van der Waals surface area (Å²) in [6.45, 7) is 8.30. The molecule has 1 aliphatic heterocycles. The molecule has 0 aliphatic carbocycles. The van der Waals surface area contributed by atoms with Crippen LogP contribution in [0, 0.1) is 5.41 Å². The Balaban J connectivity index is 2.31. The van der Waals surface area contributed by atoms with Gasteiger partial charge in [-0.15, -0.1) is 0 Å². The molecule has 2 aromatic rings. The Morgan fingerprint density at radius 2 is 1.79 bits per heavy atom. The van der Waals surface area contributed by atoms with Gasteiger partial charge >= 0.3 is 0 Å². The number of fused-ring (bicyclic) bond motifs is 2. The highest BCUT2D eigenvalue weighted by molar-refractivity contribution is 5.77. The van der Waals surface area contributed by atoms with Crippen LogP contribution in [0.5, 0.6) is 5.95 Å². The Bertz CT molecular complexity index is 707. The fraction of sp³-hybridized carbons (Fsp3) is 0.438. The summed E-state index contributed by atoms with van der Waals surface area (Å²) in [4.78, 5) is 12.5. The lowest BCUT2D eigenvalue weighted by Crippen LogP contribution is -2.49. The first kappa shape index (κ1) is 12.3. The molecule has 1 aliphatic rings. The van der Waals surface area contributed by atoms with Gasteiger partial charge in [0.2, 0.25) is 0 Å². The summed E-state index contributed by atoms with van der Waals surface area (Å²) in [6, 6.07) is 7.31. The molecule has 100 valence electrons. The number of rotatable bonds is 0. The number of hydrogen-bond donors (Lipinski definition) is 0. The average Bonchev–Trinajstić information content (AvgIpc) is 2.32. The summed E-state index contributed by atoms with van der Waals surface area (Å²) in [6.07, 6.45) is 0.669. The van der Waals surface area contributed by atoms with Gasteiger partial charge in [0.15, 0.2) is 5.43 Å². The fourth-order valence-corrected chi connectivity index (χ4v) is 2.42. The van der Waals surface area contributed by atoms with E-state index < -0.39 is 0 Å². The first-order valence-electron chi connectivity index (χ1n) is 6.56. The van der Waals surface area contributed by atoms with Crippen LogP contribution in [0.3, 0.4) is 0 Å². The zero-order chi connectivity index (χ0) is 13.8. The normalized spacial score (nSPS) is 19.8. The van der Waals surface area contributed by atoms with Crippen molar-refractivity contribution >= 4 is 11.0 Å². The topological polar surface area (TPSA) is 39.4 Å². The lowest BCUT2D eigenvalue weighted by atomic mass is 9.71. The molecule has 0 saturated carbocycles. The van der Waals surface area contributed by atoms with Crippen molar-refractivity contribution in [1.82, 2.24) is 0 Å². The Morgan fingerprint density at radius 3 is 2.53 bits per heavy atom. The van der Waals surface area contributed by atoms with Crippen molar-refractivity contribution in [2.24, 2.45) is 5.41 Å². The van der Waals surface area contributed by atoms with Crippen LogP contribution < -0.4 is 10.2 Å². The summed E-state index contributed by atoms with van der Waals surface area (Å²) in [5.41, 5.74) is 0.792. The first-order chi connectivity index (χ1) is 8.82. The largest absolute Gasteiger partial charge is 0.458 e. The van der Waals surface area contributed by atoms with Gasteiger partial charge in [-0.05, 0) is 32.4 Å². The van der Waals surface area contributed by atoms with Crippen molar-refractivity contribution in [3.63, 3.8) is 0 Å². The second-order valence-electron chi connectivity index (χ2n) is 6.37. The van der Waals surface area contributed by atoms with Crippen LogP contribution in [-0.4, -0.2) is 5.60 Å². The number of para-hydroxylation sites is 1. The third kappa shape index (κ3) is 1.68. The maximum Gasteiger partial charge on any atom is 0.292 e. The summed E-state index contributed by atoms with van der Waals surface area (Å²) >= 11 is 0. The predicted octanol–water partition coefficient (Wildman–Crippen LogP) is 3.53. The zero-order valence-corrected chi connectivity index (χ0v) is 11.7. The SMILES string of the molecule is CC1(C)Cc2c(oc3ccccc3c2=O)OC1(C)C. The van der Waals surface area contributed by atoms with Gasteiger partial charge in [-0.3, -0.25) is 4.79 Å². The van der Waals surface area contributed by atoms with Crippen LogP contribution in [-0.2, 0) is 6.42 Å². The van der Waals surface area contributed by atoms with Gasteiger partial charge in [-0.2, -0.15) is 0 Å². The fourth-order valence-electron chi connectivity index (χ4n) is 2.42. The molecule has 1 aromatic carbocycles. The van der Waals surface area contributed by atoms with E-state index in [9.17, 15) is 4.79 Å². The Labute approximate surface area is 112 Å². The smallest absolute Gasteiger partial charge is 0.292 e. The molecular formula is C16H18O3. The van der Waals surface area contributed by atoms with E-state index in [1.54, 1.807) is 12.1 Å². The molecule has 0 saturated heterocycles. The maximum atomic E-state index is 12.5. The molecule has 0 radical (unpaired) electrons. The highest BCUT2D eigenvalue weighted by Crippen LogP contribution is 2.44. The minimum absolute atomic E-state index is 0.0282. The van der Waals surface area contributed by atoms with Crippen LogP contribution in [0.2, 0.25) is 0 Å². The average molecular weight is 258 g/mol. The van der Waals surface area contributed by atoms with Crippen LogP contribution >= 0.6 is 0 Å². The summed E-state index contributed by atoms with van der Waals surface area (Å²) < 4.78 is 11.7. The van der Waals surface area contributed by atoms with Gasteiger partial charge in [0.1, 0.15) is 11.2 Å². The summed E-state index contributed by atoms with van der Waals surface area (Å²) in [7, 11) is 0.